The first kappa shape index (κ1) is 16.5. The van der Waals surface area contributed by atoms with E-state index >= 15 is 0 Å². The standard InChI is InChI=1S/C20H18N6O2/c1-12(27)19-23-15-11-13(3-4-16(15)25(19)2)26-10-9-21-20(26)18-6-5-17(28-18)14-7-8-22-24-14/h3-12,27H,1-2H3,(H,22,24)/t12-/m0/s1. The molecular weight excluding hydrogens is 356 g/mol. The molecule has 1 atom stereocenters. The van der Waals surface area contributed by atoms with Crippen LogP contribution in [0.4, 0.5) is 0 Å². The Morgan fingerprint density at radius 1 is 1.11 bits per heavy atom. The van der Waals surface area contributed by atoms with E-state index in [2.05, 4.69) is 20.2 Å². The zero-order chi connectivity index (χ0) is 19.3. The second kappa shape index (κ2) is 6.21. The number of fused-ring (bicyclic) bond motifs is 1. The number of benzene rings is 1. The van der Waals surface area contributed by atoms with Crippen molar-refractivity contribution < 1.29 is 9.52 Å². The van der Waals surface area contributed by atoms with Crippen molar-refractivity contribution in [1.82, 2.24) is 29.3 Å². The largest absolute Gasteiger partial charge is 0.451 e. The molecule has 0 aliphatic heterocycles. The first-order chi connectivity index (χ1) is 13.6. The second-order valence-electron chi connectivity index (χ2n) is 6.63. The highest BCUT2D eigenvalue weighted by Crippen LogP contribution is 2.29. The van der Waals surface area contributed by atoms with Crippen LogP contribution in [-0.4, -0.2) is 34.4 Å². The lowest BCUT2D eigenvalue weighted by Gasteiger charge is -2.07. The van der Waals surface area contributed by atoms with Gasteiger partial charge in [0.2, 0.25) is 0 Å². The Hall–Kier alpha value is -3.65. The molecule has 4 heterocycles. The van der Waals surface area contributed by atoms with Crippen LogP contribution in [0.15, 0.2) is 59.4 Å². The monoisotopic (exact) mass is 374 g/mol. The quantitative estimate of drug-likeness (QED) is 0.502. The third-order valence-corrected chi connectivity index (χ3v) is 4.78. The molecule has 4 aromatic heterocycles. The van der Waals surface area contributed by atoms with E-state index in [0.29, 0.717) is 23.2 Å². The molecule has 0 unspecified atom stereocenters. The molecular formula is C20H18N6O2. The van der Waals surface area contributed by atoms with Gasteiger partial charge in [0.1, 0.15) is 17.6 Å². The molecule has 0 saturated heterocycles. The molecule has 5 aromatic rings. The van der Waals surface area contributed by atoms with Gasteiger partial charge in [-0.1, -0.05) is 0 Å². The number of aliphatic hydroxyl groups excluding tert-OH is 1. The molecule has 28 heavy (non-hydrogen) atoms. The number of rotatable bonds is 4. The van der Waals surface area contributed by atoms with Crippen LogP contribution >= 0.6 is 0 Å². The highest BCUT2D eigenvalue weighted by atomic mass is 16.3. The Morgan fingerprint density at radius 3 is 2.75 bits per heavy atom. The Kier molecular flexibility index (Phi) is 3.66. The number of nitrogens with zero attached hydrogens (tertiary/aromatic N) is 5. The predicted molar refractivity (Wildman–Crippen MR) is 104 cm³/mol. The summed E-state index contributed by atoms with van der Waals surface area (Å²) in [6.45, 7) is 1.71. The van der Waals surface area contributed by atoms with Crippen LogP contribution in [0.5, 0.6) is 0 Å². The molecule has 1 aromatic carbocycles. The van der Waals surface area contributed by atoms with E-state index < -0.39 is 6.10 Å². The summed E-state index contributed by atoms with van der Waals surface area (Å²) in [7, 11) is 1.90. The summed E-state index contributed by atoms with van der Waals surface area (Å²) in [4.78, 5) is 9.03. The number of hydrogen-bond donors (Lipinski definition) is 2. The van der Waals surface area contributed by atoms with Gasteiger partial charge in [0.05, 0.1) is 11.0 Å². The van der Waals surface area contributed by atoms with E-state index in [4.69, 9.17) is 4.42 Å². The van der Waals surface area contributed by atoms with Crippen molar-refractivity contribution in [2.45, 2.75) is 13.0 Å². The van der Waals surface area contributed by atoms with E-state index in [9.17, 15) is 5.11 Å². The number of nitrogens with one attached hydrogen (secondary N) is 1. The first-order valence-electron chi connectivity index (χ1n) is 8.90. The molecule has 8 heteroatoms. The lowest BCUT2D eigenvalue weighted by Crippen LogP contribution is -2.01. The van der Waals surface area contributed by atoms with Crippen molar-refractivity contribution in [2.75, 3.05) is 0 Å². The topological polar surface area (TPSA) is 97.7 Å². The van der Waals surface area contributed by atoms with Gasteiger partial charge in [0, 0.05) is 31.3 Å². The predicted octanol–water partition coefficient (Wildman–Crippen LogP) is 3.46. The smallest absolute Gasteiger partial charge is 0.180 e. The van der Waals surface area contributed by atoms with Gasteiger partial charge in [-0.05, 0) is 43.3 Å². The van der Waals surface area contributed by atoms with E-state index in [1.165, 1.54) is 0 Å². The number of aromatic nitrogens is 6. The molecule has 2 N–H and O–H groups in total. The number of furan rings is 1. The highest BCUT2D eigenvalue weighted by molar-refractivity contribution is 5.79. The maximum Gasteiger partial charge on any atom is 0.180 e. The Bertz CT molecular complexity index is 1260. The lowest BCUT2D eigenvalue weighted by atomic mass is 10.2. The van der Waals surface area contributed by atoms with Crippen molar-refractivity contribution in [3.63, 3.8) is 0 Å². The number of H-pyrrole nitrogens is 1. The van der Waals surface area contributed by atoms with Crippen LogP contribution in [-0.2, 0) is 7.05 Å². The summed E-state index contributed by atoms with van der Waals surface area (Å²) >= 11 is 0. The Balaban J connectivity index is 1.58. The number of aromatic amines is 1. The molecule has 0 saturated carbocycles. The maximum absolute atomic E-state index is 9.91. The third kappa shape index (κ3) is 2.54. The Labute approximate surface area is 160 Å². The number of aryl methyl sites for hydroxylation is 1. The summed E-state index contributed by atoms with van der Waals surface area (Å²) in [6.07, 6.45) is 4.67. The van der Waals surface area contributed by atoms with Crippen LogP contribution in [0.25, 0.3) is 39.8 Å². The summed E-state index contributed by atoms with van der Waals surface area (Å²) in [5.41, 5.74) is 3.49. The molecule has 0 aliphatic carbocycles. The van der Waals surface area contributed by atoms with Gasteiger partial charge in [-0.2, -0.15) is 5.10 Å². The van der Waals surface area contributed by atoms with E-state index in [0.717, 1.165) is 22.4 Å². The minimum Gasteiger partial charge on any atom is -0.451 e. The molecule has 140 valence electrons. The van der Waals surface area contributed by atoms with Gasteiger partial charge in [0.15, 0.2) is 17.3 Å². The van der Waals surface area contributed by atoms with Crippen LogP contribution < -0.4 is 0 Å². The molecule has 0 fully saturated rings. The minimum absolute atomic E-state index is 0.631. The Morgan fingerprint density at radius 2 is 1.96 bits per heavy atom. The van der Waals surface area contributed by atoms with Gasteiger partial charge in [0.25, 0.3) is 0 Å². The molecule has 0 radical (unpaired) electrons. The molecule has 5 rings (SSSR count). The first-order valence-corrected chi connectivity index (χ1v) is 8.90. The summed E-state index contributed by atoms with van der Waals surface area (Å²) in [5, 5.41) is 16.8. The van der Waals surface area contributed by atoms with Crippen molar-refractivity contribution in [3.05, 3.63) is 60.8 Å². The maximum atomic E-state index is 9.91. The fourth-order valence-electron chi connectivity index (χ4n) is 3.42. The number of imidazole rings is 2. The van der Waals surface area contributed by atoms with Crippen LogP contribution in [0.1, 0.15) is 18.9 Å². The SMILES string of the molecule is C[C@H](O)c1nc2cc(-n3ccnc3-c3ccc(-c4ccn[nH]4)o3)ccc2n1C. The van der Waals surface area contributed by atoms with E-state index in [1.54, 1.807) is 19.3 Å². The summed E-state index contributed by atoms with van der Waals surface area (Å²) in [6, 6.07) is 11.6. The average Bonchev–Trinajstić information content (AvgIpc) is 3.46. The van der Waals surface area contributed by atoms with E-state index in [-0.39, 0.29) is 0 Å². The highest BCUT2D eigenvalue weighted by Gasteiger charge is 2.16. The molecule has 0 amide bonds. The van der Waals surface area contributed by atoms with Crippen LogP contribution in [0, 0.1) is 0 Å². The summed E-state index contributed by atoms with van der Waals surface area (Å²) in [5.74, 6) is 2.68. The van der Waals surface area contributed by atoms with Gasteiger partial charge in [-0.25, -0.2) is 9.97 Å². The van der Waals surface area contributed by atoms with Crippen molar-refractivity contribution in [1.29, 1.82) is 0 Å². The van der Waals surface area contributed by atoms with Gasteiger partial charge >= 0.3 is 0 Å². The van der Waals surface area contributed by atoms with E-state index in [1.807, 2.05) is 58.8 Å². The number of hydrogen-bond acceptors (Lipinski definition) is 5. The molecule has 0 aliphatic rings. The number of aliphatic hydroxyl groups is 1. The average molecular weight is 374 g/mol. The van der Waals surface area contributed by atoms with Crippen LogP contribution in [0.2, 0.25) is 0 Å². The van der Waals surface area contributed by atoms with Gasteiger partial charge < -0.3 is 14.1 Å². The fraction of sp³-hybridized carbons (Fsp3) is 0.150. The summed E-state index contributed by atoms with van der Waals surface area (Å²) < 4.78 is 9.82. The normalized spacial score (nSPS) is 12.7. The van der Waals surface area contributed by atoms with Crippen molar-refractivity contribution >= 4 is 11.0 Å². The van der Waals surface area contributed by atoms with Crippen molar-refractivity contribution in [3.8, 4) is 28.7 Å². The minimum atomic E-state index is -0.631. The van der Waals surface area contributed by atoms with Gasteiger partial charge in [-0.15, -0.1) is 0 Å². The zero-order valence-electron chi connectivity index (χ0n) is 15.4. The van der Waals surface area contributed by atoms with Crippen LogP contribution in [0.3, 0.4) is 0 Å². The lowest BCUT2D eigenvalue weighted by molar-refractivity contribution is 0.186. The molecule has 0 spiro atoms. The van der Waals surface area contributed by atoms with Crippen molar-refractivity contribution in [2.24, 2.45) is 7.05 Å². The zero-order valence-corrected chi connectivity index (χ0v) is 15.4. The second-order valence-corrected chi connectivity index (χ2v) is 6.63. The molecule has 0 bridgehead atoms. The molecule has 8 nitrogen and oxygen atoms in total. The van der Waals surface area contributed by atoms with Gasteiger partial charge in [-0.3, -0.25) is 9.67 Å². The fourth-order valence-corrected chi connectivity index (χ4v) is 3.42. The third-order valence-electron chi connectivity index (χ3n) is 4.78.